The van der Waals surface area contributed by atoms with Gasteiger partial charge in [-0.3, -0.25) is 14.4 Å². The summed E-state index contributed by atoms with van der Waals surface area (Å²) in [5.41, 5.74) is 2.30. The van der Waals surface area contributed by atoms with Crippen molar-refractivity contribution in [1.82, 2.24) is 15.1 Å². The first-order valence-electron chi connectivity index (χ1n) is 14.6. The summed E-state index contributed by atoms with van der Waals surface area (Å²) in [6, 6.07) is 12.3. The quantitative estimate of drug-likeness (QED) is 0.456. The Morgan fingerprint density at radius 2 is 1.60 bits per heavy atom. The first kappa shape index (κ1) is 31.1. The normalized spacial score (nSPS) is 19.8. The third-order valence-corrected chi connectivity index (χ3v) is 7.63. The lowest BCUT2D eigenvalue weighted by molar-refractivity contribution is -0.159. The molecule has 1 fully saturated rings. The van der Waals surface area contributed by atoms with E-state index in [0.717, 1.165) is 0 Å². The lowest BCUT2D eigenvalue weighted by Gasteiger charge is -2.45. The first-order chi connectivity index (χ1) is 19.7. The molecule has 4 rings (SSSR count). The molecule has 1 saturated heterocycles. The van der Waals surface area contributed by atoms with E-state index in [-0.39, 0.29) is 36.2 Å². The van der Waals surface area contributed by atoms with Crippen molar-refractivity contribution in [3.05, 3.63) is 65.2 Å². The van der Waals surface area contributed by atoms with Crippen molar-refractivity contribution in [3.8, 4) is 5.75 Å². The minimum Gasteiger partial charge on any atom is -0.482 e. The fraction of sp³-hybridized carbons (Fsp3) is 0.515. The number of esters is 1. The van der Waals surface area contributed by atoms with Gasteiger partial charge in [0, 0.05) is 14.1 Å². The molecular formula is C33H43N3O6. The molecule has 9 nitrogen and oxygen atoms in total. The molecular weight excluding hydrogens is 534 g/mol. The number of hydrogen-bond acceptors (Lipinski definition) is 6. The van der Waals surface area contributed by atoms with Crippen LogP contribution in [0.2, 0.25) is 0 Å². The van der Waals surface area contributed by atoms with E-state index in [9.17, 15) is 19.2 Å². The molecule has 3 amide bonds. The lowest BCUT2D eigenvalue weighted by atomic mass is 9.88. The van der Waals surface area contributed by atoms with Crippen molar-refractivity contribution in [1.29, 1.82) is 0 Å². The molecule has 2 aromatic rings. The predicted octanol–water partition coefficient (Wildman–Crippen LogP) is 3.69. The zero-order valence-corrected chi connectivity index (χ0v) is 25.7. The first-order valence-corrected chi connectivity index (χ1v) is 14.6. The molecule has 0 bridgehead atoms. The molecule has 1 N–H and O–H groups in total. The zero-order valence-electron chi connectivity index (χ0n) is 25.7. The summed E-state index contributed by atoms with van der Waals surface area (Å²) in [6.45, 7) is 9.08. The van der Waals surface area contributed by atoms with Gasteiger partial charge in [0.05, 0.1) is 0 Å². The number of likely N-dealkylation sites (N-methyl/N-ethyl adjacent to an activating group) is 1. The third kappa shape index (κ3) is 7.12. The van der Waals surface area contributed by atoms with Crippen LogP contribution < -0.4 is 10.1 Å². The van der Waals surface area contributed by atoms with Gasteiger partial charge in [-0.2, -0.15) is 0 Å². The molecule has 0 radical (unpaired) electrons. The Hall–Kier alpha value is -3.88. The van der Waals surface area contributed by atoms with Crippen LogP contribution in [0.4, 0.5) is 0 Å². The van der Waals surface area contributed by atoms with Gasteiger partial charge in [-0.05, 0) is 80.7 Å². The number of benzene rings is 2. The number of carbonyl (C=O) groups is 4. The molecule has 2 aromatic carbocycles. The molecule has 1 aliphatic heterocycles. The van der Waals surface area contributed by atoms with Gasteiger partial charge in [0.2, 0.25) is 17.7 Å². The lowest BCUT2D eigenvalue weighted by Crippen LogP contribution is -2.67. The molecule has 0 aromatic heterocycles. The number of nitrogens with zero attached hydrogens (tertiary/aromatic N) is 2. The van der Waals surface area contributed by atoms with E-state index in [0.29, 0.717) is 30.6 Å². The molecule has 42 heavy (non-hydrogen) atoms. The number of carbonyl (C=O) groups excluding carboxylic acids is 4. The van der Waals surface area contributed by atoms with E-state index in [1.165, 1.54) is 20.9 Å². The second-order valence-corrected chi connectivity index (χ2v) is 12.9. The van der Waals surface area contributed by atoms with Crippen LogP contribution in [0.15, 0.2) is 48.5 Å². The van der Waals surface area contributed by atoms with Gasteiger partial charge in [0.1, 0.15) is 29.5 Å². The van der Waals surface area contributed by atoms with E-state index in [1.54, 1.807) is 59.1 Å². The van der Waals surface area contributed by atoms with Gasteiger partial charge in [-0.25, -0.2) is 4.79 Å². The highest BCUT2D eigenvalue weighted by Gasteiger charge is 2.49. The summed E-state index contributed by atoms with van der Waals surface area (Å²) >= 11 is 0. The van der Waals surface area contributed by atoms with Crippen LogP contribution in [0.3, 0.4) is 0 Å². The smallest absolute Gasteiger partial charge is 0.344 e. The summed E-state index contributed by atoms with van der Waals surface area (Å²) in [4.78, 5) is 56.9. The largest absolute Gasteiger partial charge is 0.482 e. The molecule has 1 aliphatic carbocycles. The summed E-state index contributed by atoms with van der Waals surface area (Å²) in [5.74, 6) is -0.844. The van der Waals surface area contributed by atoms with Crippen LogP contribution in [-0.2, 0) is 36.8 Å². The average molecular weight is 578 g/mol. The van der Waals surface area contributed by atoms with E-state index in [2.05, 4.69) is 17.4 Å². The van der Waals surface area contributed by atoms with Gasteiger partial charge in [0.25, 0.3) is 0 Å². The molecule has 0 saturated carbocycles. The van der Waals surface area contributed by atoms with Gasteiger partial charge in [0.15, 0.2) is 6.61 Å². The molecule has 226 valence electrons. The Bertz CT molecular complexity index is 1290. The summed E-state index contributed by atoms with van der Waals surface area (Å²) in [7, 11) is 3.29. The summed E-state index contributed by atoms with van der Waals surface area (Å²) in [5, 5.41) is 3.04. The number of hydrogen-bond donors (Lipinski definition) is 1. The van der Waals surface area contributed by atoms with Crippen LogP contribution in [0.5, 0.6) is 5.75 Å². The molecule has 3 atom stereocenters. The van der Waals surface area contributed by atoms with Crippen molar-refractivity contribution in [2.75, 3.05) is 20.7 Å². The highest BCUT2D eigenvalue weighted by atomic mass is 16.6. The SMILES string of the molecule is CC(C)CC1C(=O)NC(C2Cc3ccccc3C2)C(=O)N1C(C(=O)N(C)C)c1ccc(OCC(=O)OC(C)(C)C)cc1. The van der Waals surface area contributed by atoms with Crippen LogP contribution in [-0.4, -0.2) is 71.9 Å². The van der Waals surface area contributed by atoms with Crippen molar-refractivity contribution in [3.63, 3.8) is 0 Å². The third-order valence-electron chi connectivity index (χ3n) is 7.63. The number of piperazine rings is 1. The fourth-order valence-corrected chi connectivity index (χ4v) is 5.80. The fourth-order valence-electron chi connectivity index (χ4n) is 5.80. The van der Waals surface area contributed by atoms with Crippen molar-refractivity contribution < 1.29 is 28.7 Å². The average Bonchev–Trinajstić information content (AvgIpc) is 3.34. The van der Waals surface area contributed by atoms with E-state index < -0.39 is 29.7 Å². The maximum Gasteiger partial charge on any atom is 0.344 e. The van der Waals surface area contributed by atoms with Gasteiger partial charge in [-0.1, -0.05) is 50.2 Å². The van der Waals surface area contributed by atoms with E-state index in [1.807, 2.05) is 26.0 Å². The Morgan fingerprint density at radius 3 is 2.12 bits per heavy atom. The minimum atomic E-state index is -1.01. The predicted molar refractivity (Wildman–Crippen MR) is 159 cm³/mol. The topological polar surface area (TPSA) is 105 Å². The number of rotatable bonds is 9. The summed E-state index contributed by atoms with van der Waals surface area (Å²) < 4.78 is 10.9. The Morgan fingerprint density at radius 1 is 1.00 bits per heavy atom. The van der Waals surface area contributed by atoms with Gasteiger partial charge < -0.3 is 24.6 Å². The number of fused-ring (bicyclic) bond motifs is 1. The van der Waals surface area contributed by atoms with E-state index in [4.69, 9.17) is 9.47 Å². The number of amides is 3. The van der Waals surface area contributed by atoms with Crippen LogP contribution in [0, 0.1) is 11.8 Å². The summed E-state index contributed by atoms with van der Waals surface area (Å²) in [6.07, 6.45) is 1.79. The van der Waals surface area contributed by atoms with Crippen molar-refractivity contribution in [2.45, 2.75) is 77.6 Å². The van der Waals surface area contributed by atoms with E-state index >= 15 is 0 Å². The standard InChI is InChI=1S/C33H43N3O6/c1-20(2)16-26-30(38)34-28(24-17-22-10-8-9-11-23(22)18-24)31(39)36(26)29(32(40)35(6)7)21-12-14-25(15-13-21)41-19-27(37)42-33(3,4)5/h8-15,20,24,26,28-29H,16-19H2,1-7H3,(H,34,38). The molecule has 3 unspecified atom stereocenters. The van der Waals surface area contributed by atoms with Gasteiger partial charge >= 0.3 is 5.97 Å². The Labute approximate surface area is 248 Å². The highest BCUT2D eigenvalue weighted by Crippen LogP contribution is 2.36. The minimum absolute atomic E-state index is 0.0971. The maximum atomic E-state index is 14.4. The van der Waals surface area contributed by atoms with Crippen molar-refractivity contribution >= 4 is 23.7 Å². The second-order valence-electron chi connectivity index (χ2n) is 12.9. The highest BCUT2D eigenvalue weighted by molar-refractivity contribution is 6.00. The molecule has 2 aliphatic rings. The second kappa shape index (κ2) is 12.5. The maximum absolute atomic E-state index is 14.4. The van der Waals surface area contributed by atoms with Gasteiger partial charge in [-0.15, -0.1) is 0 Å². The Kier molecular flexibility index (Phi) is 9.28. The molecule has 1 heterocycles. The van der Waals surface area contributed by atoms with Crippen LogP contribution in [0.1, 0.15) is 63.8 Å². The van der Waals surface area contributed by atoms with Crippen LogP contribution in [0.25, 0.3) is 0 Å². The van der Waals surface area contributed by atoms with Crippen molar-refractivity contribution in [2.24, 2.45) is 11.8 Å². The monoisotopic (exact) mass is 577 g/mol. The molecule has 0 spiro atoms. The number of ether oxygens (including phenoxy) is 2. The Balaban J connectivity index is 1.64. The zero-order chi connectivity index (χ0) is 30.8. The molecule has 9 heteroatoms. The van der Waals surface area contributed by atoms with Crippen LogP contribution >= 0.6 is 0 Å². The number of nitrogens with one attached hydrogen (secondary N) is 1.